The summed E-state index contributed by atoms with van der Waals surface area (Å²) in [6.45, 7) is -1.52. The van der Waals surface area contributed by atoms with Crippen LogP contribution in [-0.4, -0.2) is 36.8 Å². The van der Waals surface area contributed by atoms with Gasteiger partial charge in [0.1, 0.15) is 6.61 Å². The molecule has 1 N–H and O–H groups in total. The van der Waals surface area contributed by atoms with Crippen molar-refractivity contribution in [3.8, 4) is 0 Å². The molecule has 18 heavy (non-hydrogen) atoms. The first-order chi connectivity index (χ1) is 8.38. The first-order valence-corrected chi connectivity index (χ1v) is 5.71. The summed E-state index contributed by atoms with van der Waals surface area (Å²) in [5.74, 6) is -0.417. The number of alkyl halides is 3. The van der Waals surface area contributed by atoms with Gasteiger partial charge in [-0.2, -0.15) is 13.2 Å². The average molecular weight is 327 g/mol. The van der Waals surface area contributed by atoms with E-state index in [2.05, 4.69) is 31.0 Å². The summed E-state index contributed by atoms with van der Waals surface area (Å²) < 4.78 is 40.2. The van der Waals surface area contributed by atoms with Gasteiger partial charge in [-0.15, -0.1) is 0 Å². The standard InChI is InChI=1S/C10H10BrF3N2O2/c11-8-3-7(4-15-5-8)9(17)16-1-2-18-6-10(12,13)14/h3-5H,1-2,6H2,(H,16,17). The van der Waals surface area contributed by atoms with Crippen LogP contribution in [0.5, 0.6) is 0 Å². The molecule has 0 fully saturated rings. The van der Waals surface area contributed by atoms with Crippen molar-refractivity contribution in [2.24, 2.45) is 0 Å². The Balaban J connectivity index is 2.26. The molecule has 100 valence electrons. The van der Waals surface area contributed by atoms with E-state index in [-0.39, 0.29) is 13.2 Å². The highest BCUT2D eigenvalue weighted by Gasteiger charge is 2.27. The number of pyridine rings is 1. The molecule has 8 heteroatoms. The molecule has 0 unspecified atom stereocenters. The molecule has 0 aliphatic rings. The summed E-state index contributed by atoms with van der Waals surface area (Å²) in [7, 11) is 0. The van der Waals surface area contributed by atoms with Gasteiger partial charge >= 0.3 is 6.18 Å². The summed E-state index contributed by atoms with van der Waals surface area (Å²) in [6.07, 6.45) is -1.47. The second-order valence-corrected chi connectivity index (χ2v) is 4.23. The summed E-state index contributed by atoms with van der Waals surface area (Å²) in [5, 5.41) is 2.42. The molecule has 0 aromatic carbocycles. The normalized spacial score (nSPS) is 11.3. The topological polar surface area (TPSA) is 51.2 Å². The van der Waals surface area contributed by atoms with E-state index in [1.807, 2.05) is 0 Å². The Morgan fingerprint density at radius 3 is 2.78 bits per heavy atom. The quantitative estimate of drug-likeness (QED) is 0.843. The summed E-state index contributed by atoms with van der Waals surface area (Å²) in [6, 6.07) is 1.55. The van der Waals surface area contributed by atoms with Crippen LogP contribution in [-0.2, 0) is 4.74 Å². The van der Waals surface area contributed by atoms with Crippen molar-refractivity contribution in [1.82, 2.24) is 10.3 Å². The van der Waals surface area contributed by atoms with Gasteiger partial charge in [0.15, 0.2) is 0 Å². The predicted octanol–water partition coefficient (Wildman–Crippen LogP) is 2.15. The maximum Gasteiger partial charge on any atom is 0.411 e. The fraction of sp³-hybridized carbons (Fsp3) is 0.400. The first-order valence-electron chi connectivity index (χ1n) is 4.92. The van der Waals surface area contributed by atoms with Crippen molar-refractivity contribution in [1.29, 1.82) is 0 Å². The minimum absolute atomic E-state index is 0.00142. The molecule has 0 radical (unpaired) electrons. The molecule has 1 heterocycles. The van der Waals surface area contributed by atoms with E-state index < -0.39 is 18.7 Å². The van der Waals surface area contributed by atoms with Crippen LogP contribution in [0.25, 0.3) is 0 Å². The van der Waals surface area contributed by atoms with Crippen molar-refractivity contribution in [3.05, 3.63) is 28.5 Å². The lowest BCUT2D eigenvalue weighted by molar-refractivity contribution is -0.173. The number of halogens is 4. The van der Waals surface area contributed by atoms with E-state index in [9.17, 15) is 18.0 Å². The van der Waals surface area contributed by atoms with Crippen LogP contribution in [0.4, 0.5) is 13.2 Å². The summed E-state index contributed by atoms with van der Waals surface area (Å²) in [5.41, 5.74) is 0.320. The number of hydrogen-bond donors (Lipinski definition) is 1. The maximum atomic E-state index is 11.7. The Morgan fingerprint density at radius 1 is 1.44 bits per heavy atom. The Kier molecular flexibility index (Phi) is 5.54. The van der Waals surface area contributed by atoms with Crippen LogP contribution < -0.4 is 5.32 Å². The molecular formula is C10H10BrF3N2O2. The molecular weight excluding hydrogens is 317 g/mol. The van der Waals surface area contributed by atoms with Crippen LogP contribution in [0.2, 0.25) is 0 Å². The zero-order chi connectivity index (χ0) is 13.6. The lowest BCUT2D eigenvalue weighted by Gasteiger charge is -2.08. The highest BCUT2D eigenvalue weighted by molar-refractivity contribution is 9.10. The zero-order valence-electron chi connectivity index (χ0n) is 9.13. The molecule has 0 saturated carbocycles. The molecule has 0 bridgehead atoms. The Bertz CT molecular complexity index is 412. The number of amides is 1. The van der Waals surface area contributed by atoms with Gasteiger partial charge in [0, 0.05) is 23.4 Å². The average Bonchev–Trinajstić information content (AvgIpc) is 2.26. The highest BCUT2D eigenvalue weighted by Crippen LogP contribution is 2.14. The lowest BCUT2D eigenvalue weighted by atomic mass is 10.3. The second-order valence-electron chi connectivity index (χ2n) is 3.32. The van der Waals surface area contributed by atoms with Gasteiger partial charge in [0.25, 0.3) is 5.91 Å². The van der Waals surface area contributed by atoms with Crippen molar-refractivity contribution in [2.45, 2.75) is 6.18 Å². The van der Waals surface area contributed by atoms with Gasteiger partial charge in [-0.1, -0.05) is 0 Å². The third-order valence-corrected chi connectivity index (χ3v) is 2.20. The highest BCUT2D eigenvalue weighted by atomic mass is 79.9. The van der Waals surface area contributed by atoms with Crippen LogP contribution in [0.15, 0.2) is 22.9 Å². The fourth-order valence-corrected chi connectivity index (χ4v) is 1.43. The van der Waals surface area contributed by atoms with Crippen molar-refractivity contribution in [3.63, 3.8) is 0 Å². The number of carbonyl (C=O) groups is 1. The van der Waals surface area contributed by atoms with E-state index in [1.54, 1.807) is 6.07 Å². The number of nitrogens with one attached hydrogen (secondary N) is 1. The third kappa shape index (κ3) is 5.97. The maximum absolute atomic E-state index is 11.7. The van der Waals surface area contributed by atoms with Gasteiger partial charge in [-0.3, -0.25) is 9.78 Å². The number of carbonyl (C=O) groups excluding carboxylic acids is 1. The molecule has 0 saturated heterocycles. The predicted molar refractivity (Wildman–Crippen MR) is 61.1 cm³/mol. The third-order valence-electron chi connectivity index (χ3n) is 1.76. The van der Waals surface area contributed by atoms with Crippen molar-refractivity contribution in [2.75, 3.05) is 19.8 Å². The molecule has 1 aromatic heterocycles. The van der Waals surface area contributed by atoms with E-state index in [0.717, 1.165) is 0 Å². The number of hydrogen-bond acceptors (Lipinski definition) is 3. The monoisotopic (exact) mass is 326 g/mol. The Labute approximate surface area is 110 Å². The second kappa shape index (κ2) is 6.69. The fourth-order valence-electron chi connectivity index (χ4n) is 1.06. The molecule has 1 aromatic rings. The smallest absolute Gasteiger partial charge is 0.370 e. The zero-order valence-corrected chi connectivity index (χ0v) is 10.7. The Hall–Kier alpha value is -1.15. The molecule has 0 atom stereocenters. The van der Waals surface area contributed by atoms with E-state index in [1.165, 1.54) is 12.4 Å². The van der Waals surface area contributed by atoms with Gasteiger partial charge < -0.3 is 10.1 Å². The van der Waals surface area contributed by atoms with Crippen molar-refractivity contribution < 1.29 is 22.7 Å². The van der Waals surface area contributed by atoms with Crippen LogP contribution in [0.1, 0.15) is 10.4 Å². The first kappa shape index (κ1) is 14.9. The molecule has 0 aliphatic heterocycles. The molecule has 0 spiro atoms. The molecule has 1 rings (SSSR count). The summed E-state index contributed by atoms with van der Waals surface area (Å²) >= 11 is 3.15. The minimum Gasteiger partial charge on any atom is -0.370 e. The van der Waals surface area contributed by atoms with E-state index in [4.69, 9.17) is 0 Å². The van der Waals surface area contributed by atoms with Gasteiger partial charge in [0.2, 0.25) is 0 Å². The van der Waals surface area contributed by atoms with Crippen LogP contribution >= 0.6 is 15.9 Å². The molecule has 0 aliphatic carbocycles. The lowest BCUT2D eigenvalue weighted by Crippen LogP contribution is -2.28. The molecule has 1 amide bonds. The molecule has 4 nitrogen and oxygen atoms in total. The number of aromatic nitrogens is 1. The summed E-state index contributed by atoms with van der Waals surface area (Å²) in [4.78, 5) is 15.3. The van der Waals surface area contributed by atoms with E-state index in [0.29, 0.717) is 10.0 Å². The van der Waals surface area contributed by atoms with Gasteiger partial charge in [-0.05, 0) is 22.0 Å². The number of ether oxygens (including phenoxy) is 1. The largest absolute Gasteiger partial charge is 0.411 e. The minimum atomic E-state index is -4.35. The van der Waals surface area contributed by atoms with Gasteiger partial charge in [0.05, 0.1) is 12.2 Å². The van der Waals surface area contributed by atoms with Crippen molar-refractivity contribution >= 4 is 21.8 Å². The van der Waals surface area contributed by atoms with Gasteiger partial charge in [-0.25, -0.2) is 0 Å². The Morgan fingerprint density at radius 2 is 2.17 bits per heavy atom. The van der Waals surface area contributed by atoms with Crippen LogP contribution in [0, 0.1) is 0 Å². The number of rotatable bonds is 5. The number of nitrogens with zero attached hydrogens (tertiary/aromatic N) is 1. The van der Waals surface area contributed by atoms with Crippen LogP contribution in [0.3, 0.4) is 0 Å². The van der Waals surface area contributed by atoms with E-state index >= 15 is 0 Å². The SMILES string of the molecule is O=C(NCCOCC(F)(F)F)c1cncc(Br)c1.